The van der Waals surface area contributed by atoms with E-state index in [9.17, 15) is 0 Å². The highest BCUT2D eigenvalue weighted by Gasteiger charge is 2.45. The Morgan fingerprint density at radius 1 is 1.33 bits per heavy atom. The lowest BCUT2D eigenvalue weighted by atomic mass is 10.1. The van der Waals surface area contributed by atoms with Gasteiger partial charge < -0.3 is 5.32 Å². The number of nitrogens with zero attached hydrogens (tertiary/aromatic N) is 2. The zero-order valence-electron chi connectivity index (χ0n) is 11.9. The maximum absolute atomic E-state index is 4.35. The molecule has 3 heteroatoms. The molecular weight excluding hydrogens is 222 g/mol. The Bertz CT molecular complexity index is 368. The Morgan fingerprint density at radius 2 is 2.11 bits per heavy atom. The minimum Gasteiger partial charge on any atom is -0.309 e. The number of hydrogen-bond donors (Lipinski definition) is 1. The molecular formula is C15H25N3. The molecule has 18 heavy (non-hydrogen) atoms. The largest absolute Gasteiger partial charge is 0.309 e. The van der Waals surface area contributed by atoms with E-state index in [0.29, 0.717) is 5.54 Å². The van der Waals surface area contributed by atoms with Gasteiger partial charge in [0.2, 0.25) is 0 Å². The third-order valence-electron chi connectivity index (χ3n) is 3.69. The Hall–Kier alpha value is -0.930. The van der Waals surface area contributed by atoms with Crippen molar-refractivity contribution in [2.45, 2.75) is 45.7 Å². The molecule has 0 amide bonds. The van der Waals surface area contributed by atoms with Crippen molar-refractivity contribution < 1.29 is 0 Å². The molecule has 0 aromatic carbocycles. The zero-order valence-corrected chi connectivity index (χ0v) is 11.9. The van der Waals surface area contributed by atoms with Crippen molar-refractivity contribution in [3.63, 3.8) is 0 Å². The van der Waals surface area contributed by atoms with Crippen molar-refractivity contribution in [3.05, 3.63) is 29.6 Å². The summed E-state index contributed by atoms with van der Waals surface area (Å²) in [7, 11) is 0. The number of aromatic nitrogens is 1. The molecule has 1 spiro atoms. The van der Waals surface area contributed by atoms with Gasteiger partial charge in [0, 0.05) is 43.6 Å². The minimum atomic E-state index is 0.483. The van der Waals surface area contributed by atoms with Crippen molar-refractivity contribution >= 4 is 0 Å². The van der Waals surface area contributed by atoms with E-state index in [4.69, 9.17) is 0 Å². The molecule has 1 aliphatic carbocycles. The molecule has 0 atom stereocenters. The van der Waals surface area contributed by atoms with Gasteiger partial charge in [-0.05, 0) is 31.4 Å². The zero-order chi connectivity index (χ0) is 13.0. The van der Waals surface area contributed by atoms with E-state index in [-0.39, 0.29) is 0 Å². The highest BCUT2D eigenvalue weighted by molar-refractivity contribution is 5.14. The number of hydrogen-bond acceptors (Lipinski definition) is 3. The van der Waals surface area contributed by atoms with Crippen LogP contribution in [0.5, 0.6) is 0 Å². The molecule has 3 nitrogen and oxygen atoms in total. The third kappa shape index (κ3) is 3.30. The van der Waals surface area contributed by atoms with Crippen molar-refractivity contribution in [1.29, 1.82) is 0 Å². The standard InChI is InChI=1S/C13H19N3.C2H6/c1-11-2-3-12(8-14-11)9-16-7-6-15-13(10-16)4-5-13;1-2/h2-3,8,15H,4-7,9-10H2,1H3;1-2H3. The highest BCUT2D eigenvalue weighted by atomic mass is 15.2. The van der Waals surface area contributed by atoms with Crippen LogP contribution in [0.15, 0.2) is 18.3 Å². The summed E-state index contributed by atoms with van der Waals surface area (Å²) in [6, 6.07) is 4.30. The van der Waals surface area contributed by atoms with Crippen molar-refractivity contribution in [2.24, 2.45) is 0 Å². The molecule has 0 bridgehead atoms. The first-order chi connectivity index (χ1) is 8.76. The summed E-state index contributed by atoms with van der Waals surface area (Å²) < 4.78 is 0. The number of aryl methyl sites for hydroxylation is 1. The van der Waals surface area contributed by atoms with E-state index < -0.39 is 0 Å². The normalized spacial score (nSPS) is 21.3. The molecule has 1 saturated carbocycles. The molecule has 1 aromatic heterocycles. The fraction of sp³-hybridized carbons (Fsp3) is 0.667. The van der Waals surface area contributed by atoms with Crippen LogP contribution in [0.25, 0.3) is 0 Å². The van der Waals surface area contributed by atoms with Crippen LogP contribution < -0.4 is 5.32 Å². The van der Waals surface area contributed by atoms with Crippen LogP contribution in [-0.2, 0) is 6.54 Å². The van der Waals surface area contributed by atoms with Gasteiger partial charge in [-0.25, -0.2) is 0 Å². The molecule has 2 aliphatic rings. The lowest BCUT2D eigenvalue weighted by Crippen LogP contribution is -2.51. The number of nitrogens with one attached hydrogen (secondary N) is 1. The summed E-state index contributed by atoms with van der Waals surface area (Å²) in [5.41, 5.74) is 2.92. The third-order valence-corrected chi connectivity index (χ3v) is 3.69. The van der Waals surface area contributed by atoms with E-state index in [2.05, 4.69) is 27.3 Å². The molecule has 1 N–H and O–H groups in total. The van der Waals surface area contributed by atoms with Crippen molar-refractivity contribution in [1.82, 2.24) is 15.2 Å². The minimum absolute atomic E-state index is 0.483. The van der Waals surface area contributed by atoms with Gasteiger partial charge in [0.05, 0.1) is 0 Å². The summed E-state index contributed by atoms with van der Waals surface area (Å²) in [6.07, 6.45) is 4.72. The molecule has 3 rings (SSSR count). The van der Waals surface area contributed by atoms with Gasteiger partial charge in [0.15, 0.2) is 0 Å². The maximum Gasteiger partial charge on any atom is 0.0372 e. The second kappa shape index (κ2) is 5.81. The van der Waals surface area contributed by atoms with Crippen molar-refractivity contribution in [2.75, 3.05) is 19.6 Å². The molecule has 100 valence electrons. The Morgan fingerprint density at radius 3 is 2.72 bits per heavy atom. The predicted molar refractivity (Wildman–Crippen MR) is 75.6 cm³/mol. The summed E-state index contributed by atoms with van der Waals surface area (Å²) in [4.78, 5) is 6.91. The first-order valence-corrected chi connectivity index (χ1v) is 7.15. The second-order valence-electron chi connectivity index (χ2n) is 5.23. The smallest absolute Gasteiger partial charge is 0.0372 e. The van der Waals surface area contributed by atoms with Gasteiger partial charge in [-0.15, -0.1) is 0 Å². The lowest BCUT2D eigenvalue weighted by molar-refractivity contribution is 0.182. The van der Waals surface area contributed by atoms with E-state index >= 15 is 0 Å². The topological polar surface area (TPSA) is 28.2 Å². The monoisotopic (exact) mass is 247 g/mol. The summed E-state index contributed by atoms with van der Waals surface area (Å²) >= 11 is 0. The van der Waals surface area contributed by atoms with Gasteiger partial charge >= 0.3 is 0 Å². The van der Waals surface area contributed by atoms with Crippen LogP contribution in [0.2, 0.25) is 0 Å². The fourth-order valence-electron chi connectivity index (χ4n) is 2.51. The van der Waals surface area contributed by atoms with Gasteiger partial charge in [-0.1, -0.05) is 19.9 Å². The van der Waals surface area contributed by atoms with Gasteiger partial charge in [-0.2, -0.15) is 0 Å². The molecule has 1 aliphatic heterocycles. The average molecular weight is 247 g/mol. The molecule has 0 unspecified atom stereocenters. The fourth-order valence-corrected chi connectivity index (χ4v) is 2.51. The van der Waals surface area contributed by atoms with Gasteiger partial charge in [-0.3, -0.25) is 9.88 Å². The first-order valence-electron chi connectivity index (χ1n) is 7.15. The molecule has 2 fully saturated rings. The van der Waals surface area contributed by atoms with Gasteiger partial charge in [0.25, 0.3) is 0 Å². The number of piperazine rings is 1. The quantitative estimate of drug-likeness (QED) is 0.869. The summed E-state index contributed by atoms with van der Waals surface area (Å²) in [5, 5.41) is 3.64. The van der Waals surface area contributed by atoms with E-state index in [0.717, 1.165) is 25.3 Å². The Balaban J connectivity index is 0.000000574. The van der Waals surface area contributed by atoms with Gasteiger partial charge in [0.1, 0.15) is 0 Å². The van der Waals surface area contributed by atoms with E-state index in [1.165, 1.54) is 24.9 Å². The van der Waals surface area contributed by atoms with Crippen LogP contribution in [0, 0.1) is 6.92 Å². The lowest BCUT2D eigenvalue weighted by Gasteiger charge is -2.33. The average Bonchev–Trinajstić information content (AvgIpc) is 3.14. The van der Waals surface area contributed by atoms with E-state index in [1.807, 2.05) is 27.0 Å². The molecule has 1 saturated heterocycles. The molecule has 2 heterocycles. The van der Waals surface area contributed by atoms with E-state index in [1.54, 1.807) is 0 Å². The molecule has 0 radical (unpaired) electrons. The highest BCUT2D eigenvalue weighted by Crippen LogP contribution is 2.37. The Labute approximate surface area is 111 Å². The SMILES string of the molecule is CC.Cc1ccc(CN2CCNC3(CC3)C2)cn1. The predicted octanol–water partition coefficient (Wildman–Crippen LogP) is 2.35. The number of pyridine rings is 1. The van der Waals surface area contributed by atoms with Crippen molar-refractivity contribution in [3.8, 4) is 0 Å². The second-order valence-corrected chi connectivity index (χ2v) is 5.23. The summed E-state index contributed by atoms with van der Waals surface area (Å²) in [6.45, 7) is 10.6. The van der Waals surface area contributed by atoms with Crippen LogP contribution in [0.1, 0.15) is 37.9 Å². The van der Waals surface area contributed by atoms with Crippen LogP contribution in [0.4, 0.5) is 0 Å². The molecule has 1 aromatic rings. The Kier molecular flexibility index (Phi) is 4.36. The number of rotatable bonds is 2. The van der Waals surface area contributed by atoms with Crippen LogP contribution in [0.3, 0.4) is 0 Å². The maximum atomic E-state index is 4.35. The van der Waals surface area contributed by atoms with Crippen LogP contribution >= 0.6 is 0 Å². The summed E-state index contributed by atoms with van der Waals surface area (Å²) in [5.74, 6) is 0. The van der Waals surface area contributed by atoms with Crippen LogP contribution in [-0.4, -0.2) is 35.1 Å². The first kappa shape index (κ1) is 13.5.